The van der Waals surface area contributed by atoms with E-state index >= 15 is 0 Å². The van der Waals surface area contributed by atoms with E-state index in [1.165, 1.54) is 0 Å². The van der Waals surface area contributed by atoms with Gasteiger partial charge < -0.3 is 4.89 Å². The summed E-state index contributed by atoms with van der Waals surface area (Å²) in [7, 11) is -0.833. The van der Waals surface area contributed by atoms with Gasteiger partial charge in [-0.1, -0.05) is 0 Å². The van der Waals surface area contributed by atoms with Gasteiger partial charge in [-0.2, -0.15) is 0 Å². The maximum atomic E-state index is 8.46. The Morgan fingerprint density at radius 3 is 1.75 bits per heavy atom. The molecule has 0 heterocycles. The average molecular weight is 87.0 g/mol. The van der Waals surface area contributed by atoms with E-state index in [2.05, 4.69) is 0 Å². The Kier molecular flexibility index (Phi) is 19.9. The molecular formula is HNaO2P. The number of hydrogen-bond acceptors (Lipinski definition) is 1. The summed E-state index contributed by atoms with van der Waals surface area (Å²) in [5.74, 6) is 0. The first-order chi connectivity index (χ1) is 1.41. The molecule has 0 aromatic carbocycles. The quantitative estimate of drug-likeness (QED) is 0.328. The first kappa shape index (κ1) is 8.91. The van der Waals surface area contributed by atoms with Crippen molar-refractivity contribution in [1.82, 2.24) is 0 Å². The molecule has 0 aliphatic carbocycles. The van der Waals surface area contributed by atoms with Crippen LogP contribution in [0.1, 0.15) is 0 Å². The van der Waals surface area contributed by atoms with Crippen LogP contribution in [0.25, 0.3) is 0 Å². The Labute approximate surface area is 47.8 Å². The topological polar surface area (TPSA) is 37.3 Å². The molecule has 0 aromatic heterocycles. The molecule has 0 rings (SSSR count). The first-order valence-corrected chi connectivity index (χ1v) is 1.15. The first-order valence-electron chi connectivity index (χ1n) is 0.383. The Morgan fingerprint density at radius 2 is 1.75 bits per heavy atom. The Balaban J connectivity index is 0. The number of hydrogen-bond donors (Lipinski definition) is 1. The molecule has 0 amide bonds. The Morgan fingerprint density at radius 1 is 1.75 bits per heavy atom. The van der Waals surface area contributed by atoms with Gasteiger partial charge in [-0.3, -0.25) is 0 Å². The summed E-state index contributed by atoms with van der Waals surface area (Å²) < 4.78 is 8.46. The molecule has 19 valence electrons. The molecule has 4 heavy (non-hydrogen) atoms. The second-order valence-corrected chi connectivity index (χ2v) is 0.245. The molecule has 2 nitrogen and oxygen atoms in total. The summed E-state index contributed by atoms with van der Waals surface area (Å²) in [6, 6.07) is 0. The van der Waals surface area contributed by atoms with E-state index < -0.39 is 8.69 Å². The van der Waals surface area contributed by atoms with Crippen molar-refractivity contribution >= 4 is 38.2 Å². The van der Waals surface area contributed by atoms with Crippen LogP contribution in [-0.2, 0) is 4.57 Å². The van der Waals surface area contributed by atoms with Gasteiger partial charge in [0.15, 0.2) is 0 Å². The van der Waals surface area contributed by atoms with E-state index in [-0.39, 0.29) is 29.6 Å². The normalized spacial score (nSPS) is 5.25. The summed E-state index contributed by atoms with van der Waals surface area (Å²) in [6.45, 7) is 0. The van der Waals surface area contributed by atoms with Crippen molar-refractivity contribution in [2.45, 2.75) is 0 Å². The predicted molar refractivity (Wildman–Crippen MR) is 15.6 cm³/mol. The van der Waals surface area contributed by atoms with E-state index in [0.29, 0.717) is 0 Å². The fraction of sp³-hybridized carbons (Fsp3) is 0. The van der Waals surface area contributed by atoms with Gasteiger partial charge in [0.1, 0.15) is 0 Å². The predicted octanol–water partition coefficient (Wildman–Crippen LogP) is -0.195. The van der Waals surface area contributed by atoms with Gasteiger partial charge in [0, 0.05) is 29.6 Å². The number of rotatable bonds is 0. The standard InChI is InChI=1S/Na.HO2P/c;1-3-2/h;(H,1,2). The zero-order chi connectivity index (χ0) is 2.71. The second-order valence-electron chi connectivity index (χ2n) is 0.0816. The van der Waals surface area contributed by atoms with Crippen LogP contribution in [0.5, 0.6) is 0 Å². The van der Waals surface area contributed by atoms with E-state index in [0.717, 1.165) is 0 Å². The molecule has 1 N–H and O–H groups in total. The molecule has 0 atom stereocenters. The SMILES string of the molecule is O=PO.[Na]. The van der Waals surface area contributed by atoms with Crippen LogP contribution in [0.4, 0.5) is 0 Å². The van der Waals surface area contributed by atoms with Crippen LogP contribution in [0, 0.1) is 0 Å². The third-order valence-corrected chi connectivity index (χ3v) is 0. The van der Waals surface area contributed by atoms with Crippen molar-refractivity contribution in [3.05, 3.63) is 0 Å². The Bertz CT molecular complexity index is 13.5. The van der Waals surface area contributed by atoms with Crippen molar-refractivity contribution in [3.63, 3.8) is 0 Å². The van der Waals surface area contributed by atoms with E-state index in [1.54, 1.807) is 0 Å². The average Bonchev–Trinajstić information content (AvgIpc) is 0.918. The zero-order valence-electron chi connectivity index (χ0n) is 2.30. The van der Waals surface area contributed by atoms with Gasteiger partial charge >= 0.3 is 8.69 Å². The summed E-state index contributed by atoms with van der Waals surface area (Å²) in [4.78, 5) is 6.99. The van der Waals surface area contributed by atoms with Gasteiger partial charge in [-0.25, -0.2) is 4.57 Å². The minimum atomic E-state index is -0.833. The van der Waals surface area contributed by atoms with Crippen molar-refractivity contribution in [1.29, 1.82) is 0 Å². The monoisotopic (exact) mass is 87.0 g/mol. The molecule has 1 radical (unpaired) electrons. The van der Waals surface area contributed by atoms with Crippen molar-refractivity contribution in [2.75, 3.05) is 0 Å². The molecule has 0 spiro atoms. The third kappa shape index (κ3) is 11.6. The van der Waals surface area contributed by atoms with E-state index in [9.17, 15) is 0 Å². The van der Waals surface area contributed by atoms with Crippen molar-refractivity contribution in [2.24, 2.45) is 0 Å². The minimum absolute atomic E-state index is 0. The van der Waals surface area contributed by atoms with E-state index in [4.69, 9.17) is 9.46 Å². The molecule has 0 aromatic rings. The van der Waals surface area contributed by atoms with Crippen molar-refractivity contribution in [3.8, 4) is 0 Å². The fourth-order valence-electron chi connectivity index (χ4n) is 0. The molecule has 0 unspecified atom stereocenters. The van der Waals surface area contributed by atoms with Crippen LogP contribution in [0.3, 0.4) is 0 Å². The molecule has 0 fully saturated rings. The van der Waals surface area contributed by atoms with Gasteiger partial charge in [-0.05, 0) is 0 Å². The van der Waals surface area contributed by atoms with Gasteiger partial charge in [0.05, 0.1) is 0 Å². The molecular weight excluding hydrogens is 86.0 g/mol. The largest absolute Gasteiger partial charge is 0.324 e. The smallest absolute Gasteiger partial charge is 0.310 e. The molecule has 0 saturated heterocycles. The second kappa shape index (κ2) is 8.96. The van der Waals surface area contributed by atoms with Crippen LogP contribution >= 0.6 is 8.69 Å². The molecule has 0 bridgehead atoms. The fourth-order valence-corrected chi connectivity index (χ4v) is 0. The van der Waals surface area contributed by atoms with Gasteiger partial charge in [-0.15, -0.1) is 0 Å². The minimum Gasteiger partial charge on any atom is -0.310 e. The Hall–Kier alpha value is 1.06. The maximum absolute atomic E-state index is 8.46. The van der Waals surface area contributed by atoms with Crippen LogP contribution in [0.15, 0.2) is 0 Å². The third-order valence-electron chi connectivity index (χ3n) is 0. The van der Waals surface area contributed by atoms with Crippen molar-refractivity contribution < 1.29 is 9.46 Å². The molecule has 0 aliphatic rings. The van der Waals surface area contributed by atoms with E-state index in [1.807, 2.05) is 0 Å². The molecule has 4 heteroatoms. The summed E-state index contributed by atoms with van der Waals surface area (Å²) in [5, 5.41) is 0. The molecule has 0 saturated carbocycles. The zero-order valence-corrected chi connectivity index (χ0v) is 5.20. The van der Waals surface area contributed by atoms with Crippen LogP contribution in [0.2, 0.25) is 0 Å². The maximum Gasteiger partial charge on any atom is 0.324 e. The van der Waals surface area contributed by atoms with Gasteiger partial charge in [0.25, 0.3) is 0 Å². The van der Waals surface area contributed by atoms with Gasteiger partial charge in [0.2, 0.25) is 0 Å². The van der Waals surface area contributed by atoms with Crippen LogP contribution < -0.4 is 0 Å². The summed E-state index contributed by atoms with van der Waals surface area (Å²) in [6.07, 6.45) is 0. The summed E-state index contributed by atoms with van der Waals surface area (Å²) in [5.41, 5.74) is 0. The summed E-state index contributed by atoms with van der Waals surface area (Å²) >= 11 is 0. The molecule has 0 aliphatic heterocycles. The van der Waals surface area contributed by atoms with Crippen LogP contribution in [-0.4, -0.2) is 34.5 Å².